The van der Waals surface area contributed by atoms with E-state index in [0.717, 1.165) is 0 Å². The van der Waals surface area contributed by atoms with Gasteiger partial charge in [0.2, 0.25) is 0 Å². The van der Waals surface area contributed by atoms with E-state index in [4.69, 9.17) is 14.2 Å². The predicted molar refractivity (Wildman–Crippen MR) is 78.7 cm³/mol. The van der Waals surface area contributed by atoms with Crippen LogP contribution in [0.4, 0.5) is 0 Å². The molecule has 0 aromatic carbocycles. The Kier molecular flexibility index (Phi) is 7.15. The van der Waals surface area contributed by atoms with Crippen LogP contribution >= 0.6 is 0 Å². The number of rotatable bonds is 7. The fourth-order valence-corrected chi connectivity index (χ4v) is 3.10. The molecule has 0 saturated carbocycles. The van der Waals surface area contributed by atoms with Gasteiger partial charge in [0.05, 0.1) is 13.2 Å². The van der Waals surface area contributed by atoms with Crippen LogP contribution in [-0.2, 0) is 23.8 Å². The minimum absolute atomic E-state index is 0.0771. The molecule has 1 heterocycles. The Morgan fingerprint density at radius 1 is 1.10 bits per heavy atom. The van der Waals surface area contributed by atoms with Gasteiger partial charge in [0, 0.05) is 13.2 Å². The van der Waals surface area contributed by atoms with Crippen LogP contribution in [0.15, 0.2) is 0 Å². The molecule has 0 aromatic heterocycles. The van der Waals surface area contributed by atoms with Crippen molar-refractivity contribution in [2.24, 2.45) is 17.3 Å². The van der Waals surface area contributed by atoms with Gasteiger partial charge in [-0.3, -0.25) is 9.59 Å². The second kappa shape index (κ2) is 8.37. The highest BCUT2D eigenvalue weighted by atomic mass is 16.6. The van der Waals surface area contributed by atoms with Crippen molar-refractivity contribution in [2.45, 2.75) is 47.0 Å². The average Bonchev–Trinajstić information content (AvgIpc) is 2.45. The van der Waals surface area contributed by atoms with Gasteiger partial charge in [-0.25, -0.2) is 0 Å². The molecule has 1 aliphatic heterocycles. The van der Waals surface area contributed by atoms with Crippen molar-refractivity contribution in [1.82, 2.24) is 0 Å². The van der Waals surface area contributed by atoms with Gasteiger partial charge in [0.25, 0.3) is 0 Å². The van der Waals surface area contributed by atoms with Crippen molar-refractivity contribution >= 4 is 11.9 Å². The molecule has 21 heavy (non-hydrogen) atoms. The second-order valence-electron chi connectivity index (χ2n) is 5.90. The average molecular weight is 300 g/mol. The summed E-state index contributed by atoms with van der Waals surface area (Å²) in [6, 6.07) is 0. The number of ether oxygens (including phenoxy) is 3. The Balaban J connectivity index is 3.17. The van der Waals surface area contributed by atoms with E-state index in [1.54, 1.807) is 13.8 Å². The Labute approximate surface area is 127 Å². The minimum atomic E-state index is -1.19. The molecule has 0 spiro atoms. The fourth-order valence-electron chi connectivity index (χ4n) is 3.10. The summed E-state index contributed by atoms with van der Waals surface area (Å²) in [6.07, 6.45) is 1.82. The van der Waals surface area contributed by atoms with Gasteiger partial charge in [-0.2, -0.15) is 0 Å². The molecular formula is C16H28O5. The Bertz CT molecular complexity index is 327. The molecule has 0 radical (unpaired) electrons. The standard InChI is InChI=1S/C16H28O5/c1-5-20-14(17)16(11-12(3)4,15(18)21-6-2)13-7-9-19-10-8-13/h12-13H,5-11H2,1-4H3. The van der Waals surface area contributed by atoms with Crippen LogP contribution in [0, 0.1) is 17.3 Å². The lowest BCUT2D eigenvalue weighted by atomic mass is 9.67. The third-order valence-electron chi connectivity index (χ3n) is 3.93. The third-order valence-corrected chi connectivity index (χ3v) is 3.93. The molecule has 5 heteroatoms. The molecule has 1 rings (SSSR count). The third kappa shape index (κ3) is 4.19. The van der Waals surface area contributed by atoms with Gasteiger partial charge in [-0.05, 0) is 44.9 Å². The number of carbonyl (C=O) groups excluding carboxylic acids is 2. The maximum absolute atomic E-state index is 12.7. The molecular weight excluding hydrogens is 272 g/mol. The van der Waals surface area contributed by atoms with Gasteiger partial charge in [0.1, 0.15) is 0 Å². The van der Waals surface area contributed by atoms with Gasteiger partial charge in [-0.1, -0.05) is 13.8 Å². The van der Waals surface area contributed by atoms with Crippen molar-refractivity contribution in [3.8, 4) is 0 Å². The van der Waals surface area contributed by atoms with Crippen LogP contribution in [0.5, 0.6) is 0 Å². The van der Waals surface area contributed by atoms with E-state index in [1.165, 1.54) is 0 Å². The largest absolute Gasteiger partial charge is 0.465 e. The molecule has 0 aromatic rings. The zero-order chi connectivity index (χ0) is 15.9. The van der Waals surface area contributed by atoms with E-state index in [2.05, 4.69) is 0 Å². The lowest BCUT2D eigenvalue weighted by molar-refractivity contribution is -0.181. The van der Waals surface area contributed by atoms with Crippen LogP contribution in [0.2, 0.25) is 0 Å². The fraction of sp³-hybridized carbons (Fsp3) is 0.875. The first kappa shape index (κ1) is 18.0. The molecule has 1 aliphatic rings. The first-order valence-electron chi connectivity index (χ1n) is 7.91. The molecule has 0 atom stereocenters. The highest BCUT2D eigenvalue weighted by molar-refractivity contribution is 6.00. The number of hydrogen-bond acceptors (Lipinski definition) is 5. The Morgan fingerprint density at radius 3 is 1.95 bits per heavy atom. The maximum Gasteiger partial charge on any atom is 0.323 e. The smallest absolute Gasteiger partial charge is 0.323 e. The summed E-state index contributed by atoms with van der Waals surface area (Å²) in [5.41, 5.74) is -1.19. The van der Waals surface area contributed by atoms with Crippen LogP contribution in [0.3, 0.4) is 0 Å². The van der Waals surface area contributed by atoms with Gasteiger partial charge in [-0.15, -0.1) is 0 Å². The van der Waals surface area contributed by atoms with Crippen molar-refractivity contribution in [3.05, 3.63) is 0 Å². The molecule has 5 nitrogen and oxygen atoms in total. The maximum atomic E-state index is 12.7. The van der Waals surface area contributed by atoms with E-state index in [1.807, 2.05) is 13.8 Å². The summed E-state index contributed by atoms with van der Waals surface area (Å²) in [5, 5.41) is 0. The summed E-state index contributed by atoms with van der Waals surface area (Å²) < 4.78 is 15.9. The van der Waals surface area contributed by atoms with E-state index < -0.39 is 17.4 Å². The van der Waals surface area contributed by atoms with Gasteiger partial charge < -0.3 is 14.2 Å². The Hall–Kier alpha value is -1.10. The summed E-state index contributed by atoms with van der Waals surface area (Å²) in [4.78, 5) is 25.3. The lowest BCUT2D eigenvalue weighted by Gasteiger charge is -2.39. The van der Waals surface area contributed by atoms with Gasteiger partial charge in [0.15, 0.2) is 5.41 Å². The first-order chi connectivity index (χ1) is 9.98. The van der Waals surface area contributed by atoms with E-state index in [0.29, 0.717) is 32.5 Å². The second-order valence-corrected chi connectivity index (χ2v) is 5.90. The SMILES string of the molecule is CCOC(=O)C(CC(C)C)(C(=O)OCC)C1CCOCC1. The van der Waals surface area contributed by atoms with E-state index in [9.17, 15) is 9.59 Å². The zero-order valence-corrected chi connectivity index (χ0v) is 13.6. The van der Waals surface area contributed by atoms with Crippen molar-refractivity contribution in [3.63, 3.8) is 0 Å². The predicted octanol–water partition coefficient (Wildman–Crippen LogP) is 2.57. The lowest BCUT2D eigenvalue weighted by Crippen LogP contribution is -2.50. The zero-order valence-electron chi connectivity index (χ0n) is 13.6. The topological polar surface area (TPSA) is 61.8 Å². The van der Waals surface area contributed by atoms with Crippen LogP contribution < -0.4 is 0 Å². The number of carbonyl (C=O) groups is 2. The normalized spacial score (nSPS) is 16.8. The summed E-state index contributed by atoms with van der Waals surface area (Å²) in [7, 11) is 0. The van der Waals surface area contributed by atoms with Crippen molar-refractivity contribution in [1.29, 1.82) is 0 Å². The molecule has 122 valence electrons. The number of hydrogen-bond donors (Lipinski definition) is 0. The molecule has 0 bridgehead atoms. The number of esters is 2. The highest BCUT2D eigenvalue weighted by Gasteiger charge is 2.54. The summed E-state index contributed by atoms with van der Waals surface area (Å²) in [5.74, 6) is -0.762. The van der Waals surface area contributed by atoms with E-state index >= 15 is 0 Å². The molecule has 0 amide bonds. The molecule has 0 unspecified atom stereocenters. The summed E-state index contributed by atoms with van der Waals surface area (Å²) >= 11 is 0. The molecule has 0 N–H and O–H groups in total. The minimum Gasteiger partial charge on any atom is -0.465 e. The van der Waals surface area contributed by atoms with E-state index in [-0.39, 0.29) is 25.0 Å². The van der Waals surface area contributed by atoms with Crippen molar-refractivity contribution in [2.75, 3.05) is 26.4 Å². The van der Waals surface area contributed by atoms with Crippen molar-refractivity contribution < 1.29 is 23.8 Å². The van der Waals surface area contributed by atoms with Crippen LogP contribution in [-0.4, -0.2) is 38.4 Å². The van der Waals surface area contributed by atoms with Gasteiger partial charge >= 0.3 is 11.9 Å². The molecule has 1 saturated heterocycles. The Morgan fingerprint density at radius 2 is 1.57 bits per heavy atom. The first-order valence-corrected chi connectivity index (χ1v) is 7.91. The monoisotopic (exact) mass is 300 g/mol. The summed E-state index contributed by atoms with van der Waals surface area (Å²) in [6.45, 7) is 9.20. The quantitative estimate of drug-likeness (QED) is 0.534. The van der Waals surface area contributed by atoms with Crippen LogP contribution in [0.1, 0.15) is 47.0 Å². The molecule has 1 fully saturated rings. The highest BCUT2D eigenvalue weighted by Crippen LogP contribution is 2.42. The molecule has 0 aliphatic carbocycles. The van der Waals surface area contributed by atoms with Crippen LogP contribution in [0.25, 0.3) is 0 Å².